The summed E-state index contributed by atoms with van der Waals surface area (Å²) in [6.07, 6.45) is -3.60. The second-order valence-electron chi connectivity index (χ2n) is 4.61. The summed E-state index contributed by atoms with van der Waals surface area (Å²) in [6, 6.07) is 10.4. The lowest BCUT2D eigenvalue weighted by atomic mass is 10.1. The van der Waals surface area contributed by atoms with Crippen LogP contribution in [0, 0.1) is 0 Å². The summed E-state index contributed by atoms with van der Waals surface area (Å²) in [5.74, 6) is 0.482. The summed E-state index contributed by atoms with van der Waals surface area (Å²) in [6.45, 7) is 0. The molecule has 0 aliphatic heterocycles. The molecule has 0 aliphatic carbocycles. The minimum absolute atomic E-state index is 0.0287. The zero-order valence-corrected chi connectivity index (χ0v) is 12.9. The fraction of sp³-hybridized carbons (Fsp3) is 0.125. The van der Waals surface area contributed by atoms with Crippen LogP contribution in [0.2, 0.25) is 0 Å². The number of alkyl halides is 3. The van der Waals surface area contributed by atoms with Gasteiger partial charge in [-0.1, -0.05) is 18.2 Å². The lowest BCUT2D eigenvalue weighted by Crippen LogP contribution is -2.07. The van der Waals surface area contributed by atoms with Crippen molar-refractivity contribution in [1.82, 2.24) is 0 Å². The summed E-state index contributed by atoms with van der Waals surface area (Å²) in [7, 11) is -2.41. The Morgan fingerprint density at radius 3 is 2.17 bits per heavy atom. The summed E-state index contributed by atoms with van der Waals surface area (Å²) in [5, 5.41) is 0.763. The third kappa shape index (κ3) is 4.13. The Balaban J connectivity index is 2.35. The molecule has 2 aromatic carbocycles. The second kappa shape index (κ2) is 6.45. The number of ether oxygens (including phenoxy) is 1. The molecule has 0 amide bonds. The van der Waals surface area contributed by atoms with Crippen LogP contribution in [0.3, 0.4) is 0 Å². The van der Waals surface area contributed by atoms with Crippen LogP contribution in [-0.4, -0.2) is 15.5 Å². The maximum Gasteiger partial charge on any atom is 0.416 e. The first-order valence-corrected chi connectivity index (χ1v) is 8.02. The van der Waals surface area contributed by atoms with Gasteiger partial charge in [-0.25, -0.2) is 8.42 Å². The van der Waals surface area contributed by atoms with E-state index in [0.29, 0.717) is 5.75 Å². The summed E-state index contributed by atoms with van der Waals surface area (Å²) in [5.41, 5.74) is -1.10. The number of benzene rings is 2. The van der Waals surface area contributed by atoms with Crippen LogP contribution < -0.4 is 4.74 Å². The molecular weight excluding hydrogens is 329 g/mol. The predicted molar refractivity (Wildman–Crippen MR) is 80.7 cm³/mol. The van der Waals surface area contributed by atoms with Gasteiger partial charge in [0.05, 0.1) is 17.6 Å². The lowest BCUT2D eigenvalue weighted by Gasteiger charge is -2.09. The van der Waals surface area contributed by atoms with Gasteiger partial charge in [-0.3, -0.25) is 0 Å². The summed E-state index contributed by atoms with van der Waals surface area (Å²) >= 11 is 0. The van der Waals surface area contributed by atoms with Gasteiger partial charge >= 0.3 is 6.18 Å². The van der Waals surface area contributed by atoms with Gasteiger partial charge < -0.3 is 4.74 Å². The first-order valence-electron chi connectivity index (χ1n) is 6.47. The molecule has 0 heterocycles. The average molecular weight is 342 g/mol. The quantitative estimate of drug-likeness (QED) is 0.838. The SMILES string of the molecule is COc1ccc(S(=O)(=O)/C=C/c2ccccc2C(F)(F)F)cc1. The Kier molecular flexibility index (Phi) is 4.79. The van der Waals surface area contributed by atoms with Crippen LogP contribution >= 0.6 is 0 Å². The first kappa shape index (κ1) is 17.1. The lowest BCUT2D eigenvalue weighted by molar-refractivity contribution is -0.137. The maximum absolute atomic E-state index is 12.9. The molecule has 2 aromatic rings. The molecule has 2 rings (SSSR count). The first-order chi connectivity index (χ1) is 10.7. The number of hydrogen-bond donors (Lipinski definition) is 0. The molecule has 7 heteroatoms. The largest absolute Gasteiger partial charge is 0.497 e. The molecule has 0 saturated carbocycles. The van der Waals surface area contributed by atoms with E-state index in [0.717, 1.165) is 17.6 Å². The predicted octanol–water partition coefficient (Wildman–Crippen LogP) is 4.16. The van der Waals surface area contributed by atoms with Gasteiger partial charge in [-0.2, -0.15) is 13.2 Å². The van der Waals surface area contributed by atoms with Crippen LogP contribution in [-0.2, 0) is 16.0 Å². The minimum atomic E-state index is -4.55. The van der Waals surface area contributed by atoms with Crippen molar-refractivity contribution in [2.75, 3.05) is 7.11 Å². The molecule has 0 fully saturated rings. The standard InChI is InChI=1S/C16H13F3O3S/c1-22-13-6-8-14(9-7-13)23(20,21)11-10-12-4-2-3-5-15(12)16(17,18)19/h2-11H,1H3/b11-10+. The third-order valence-corrected chi connectivity index (χ3v) is 4.50. The maximum atomic E-state index is 12.9. The van der Waals surface area contributed by atoms with E-state index in [2.05, 4.69) is 0 Å². The molecule has 0 atom stereocenters. The molecule has 0 radical (unpaired) electrons. The van der Waals surface area contributed by atoms with Crippen molar-refractivity contribution >= 4 is 15.9 Å². The molecule has 0 N–H and O–H groups in total. The molecule has 23 heavy (non-hydrogen) atoms. The van der Waals surface area contributed by atoms with Crippen molar-refractivity contribution in [3.05, 3.63) is 65.1 Å². The molecular formula is C16H13F3O3S. The molecule has 0 unspecified atom stereocenters. The van der Waals surface area contributed by atoms with Crippen LogP contribution in [0.25, 0.3) is 6.08 Å². The van der Waals surface area contributed by atoms with Gasteiger partial charge in [-0.15, -0.1) is 0 Å². The second-order valence-corrected chi connectivity index (χ2v) is 6.44. The number of halogens is 3. The van der Waals surface area contributed by atoms with Crippen molar-refractivity contribution in [3.63, 3.8) is 0 Å². The molecule has 122 valence electrons. The van der Waals surface area contributed by atoms with E-state index >= 15 is 0 Å². The van der Waals surface area contributed by atoms with Gasteiger partial charge in [0, 0.05) is 5.41 Å². The highest BCUT2D eigenvalue weighted by Gasteiger charge is 2.32. The molecule has 0 spiro atoms. The topological polar surface area (TPSA) is 43.4 Å². The van der Waals surface area contributed by atoms with Gasteiger partial charge in [0.15, 0.2) is 9.84 Å². The normalized spacial score (nSPS) is 12.5. The molecule has 0 saturated heterocycles. The summed E-state index contributed by atoms with van der Waals surface area (Å²) in [4.78, 5) is -0.0287. The van der Waals surface area contributed by atoms with E-state index in [1.54, 1.807) is 0 Å². The number of methoxy groups -OCH3 is 1. The van der Waals surface area contributed by atoms with Crippen LogP contribution in [0.4, 0.5) is 13.2 Å². The Morgan fingerprint density at radius 2 is 1.61 bits per heavy atom. The Hall–Kier alpha value is -2.28. The molecule has 3 nitrogen and oxygen atoms in total. The van der Waals surface area contributed by atoms with Crippen molar-refractivity contribution < 1.29 is 26.3 Å². The Labute approximate surface area is 131 Å². The van der Waals surface area contributed by atoms with Crippen molar-refractivity contribution in [2.45, 2.75) is 11.1 Å². The van der Waals surface area contributed by atoms with Crippen molar-refractivity contribution in [1.29, 1.82) is 0 Å². The van der Waals surface area contributed by atoms with E-state index < -0.39 is 21.6 Å². The fourth-order valence-corrected chi connectivity index (χ4v) is 2.91. The summed E-state index contributed by atoms with van der Waals surface area (Å²) < 4.78 is 67.9. The highest BCUT2D eigenvalue weighted by molar-refractivity contribution is 7.94. The monoisotopic (exact) mass is 342 g/mol. The van der Waals surface area contributed by atoms with Gasteiger partial charge in [0.25, 0.3) is 0 Å². The van der Waals surface area contributed by atoms with E-state index in [1.165, 1.54) is 49.6 Å². The van der Waals surface area contributed by atoms with Gasteiger partial charge in [0.1, 0.15) is 5.75 Å². The third-order valence-electron chi connectivity index (χ3n) is 3.08. The highest BCUT2D eigenvalue weighted by Crippen LogP contribution is 2.32. The Morgan fingerprint density at radius 1 is 1.00 bits per heavy atom. The van der Waals surface area contributed by atoms with E-state index in [-0.39, 0.29) is 10.5 Å². The number of sulfone groups is 1. The van der Waals surface area contributed by atoms with Crippen molar-refractivity contribution in [2.24, 2.45) is 0 Å². The Bertz CT molecular complexity index is 807. The number of hydrogen-bond acceptors (Lipinski definition) is 3. The average Bonchev–Trinajstić information content (AvgIpc) is 2.52. The van der Waals surface area contributed by atoms with Crippen LogP contribution in [0.1, 0.15) is 11.1 Å². The van der Waals surface area contributed by atoms with E-state index in [9.17, 15) is 21.6 Å². The fourth-order valence-electron chi connectivity index (χ4n) is 1.91. The van der Waals surface area contributed by atoms with Crippen LogP contribution in [0.5, 0.6) is 5.75 Å². The molecule has 0 bridgehead atoms. The van der Waals surface area contributed by atoms with Gasteiger partial charge in [-0.05, 0) is 42.0 Å². The van der Waals surface area contributed by atoms with Crippen molar-refractivity contribution in [3.8, 4) is 5.75 Å². The highest BCUT2D eigenvalue weighted by atomic mass is 32.2. The minimum Gasteiger partial charge on any atom is -0.497 e. The van der Waals surface area contributed by atoms with Crippen LogP contribution in [0.15, 0.2) is 58.8 Å². The number of rotatable bonds is 4. The van der Waals surface area contributed by atoms with E-state index in [1.807, 2.05) is 0 Å². The smallest absolute Gasteiger partial charge is 0.416 e. The van der Waals surface area contributed by atoms with Gasteiger partial charge in [0.2, 0.25) is 0 Å². The zero-order valence-electron chi connectivity index (χ0n) is 12.0. The zero-order chi connectivity index (χ0) is 17.1. The molecule has 0 aromatic heterocycles. The molecule has 0 aliphatic rings. The van der Waals surface area contributed by atoms with E-state index in [4.69, 9.17) is 4.74 Å².